The van der Waals surface area contributed by atoms with Gasteiger partial charge in [-0.15, -0.1) is 0 Å². The van der Waals surface area contributed by atoms with E-state index < -0.39 is 12.0 Å². The maximum absolute atomic E-state index is 12.0. The number of nitrogens with zero attached hydrogens (tertiary/aromatic N) is 1. The average molecular weight is 291 g/mol. The van der Waals surface area contributed by atoms with Crippen LogP contribution in [0.2, 0.25) is 0 Å². The Kier molecular flexibility index (Phi) is 4.57. The summed E-state index contributed by atoms with van der Waals surface area (Å²) in [5.74, 6) is -1.01. The molecule has 1 aromatic carbocycles. The van der Waals surface area contributed by atoms with Crippen molar-refractivity contribution in [3.8, 4) is 5.75 Å². The van der Waals surface area contributed by atoms with Crippen molar-refractivity contribution in [3.05, 3.63) is 29.8 Å². The monoisotopic (exact) mass is 291 g/mol. The number of hydrogen-bond acceptors (Lipinski definition) is 4. The lowest BCUT2D eigenvalue weighted by atomic mass is 10.1. The number of rotatable bonds is 5. The summed E-state index contributed by atoms with van der Waals surface area (Å²) in [4.78, 5) is 35.7. The Hall–Kier alpha value is -2.37. The molecule has 1 saturated heterocycles. The smallest absolute Gasteiger partial charge is 0.326 e. The first-order valence-corrected chi connectivity index (χ1v) is 6.75. The van der Waals surface area contributed by atoms with Gasteiger partial charge in [-0.1, -0.05) is 12.1 Å². The van der Waals surface area contributed by atoms with E-state index in [9.17, 15) is 14.4 Å². The van der Waals surface area contributed by atoms with Crippen molar-refractivity contribution >= 4 is 17.7 Å². The predicted molar refractivity (Wildman–Crippen MR) is 74.3 cm³/mol. The highest BCUT2D eigenvalue weighted by Gasteiger charge is 2.33. The Morgan fingerprint density at radius 2 is 2.14 bits per heavy atom. The maximum Gasteiger partial charge on any atom is 0.326 e. The zero-order valence-electron chi connectivity index (χ0n) is 11.7. The topological polar surface area (TPSA) is 83.9 Å². The van der Waals surface area contributed by atoms with Gasteiger partial charge in [-0.05, 0) is 31.9 Å². The highest BCUT2D eigenvalue weighted by atomic mass is 16.5. The molecule has 6 nitrogen and oxygen atoms in total. The van der Waals surface area contributed by atoms with E-state index in [1.54, 1.807) is 24.3 Å². The van der Waals surface area contributed by atoms with Crippen molar-refractivity contribution in [1.29, 1.82) is 0 Å². The number of carboxylic acid groups (broad SMARTS) is 1. The molecule has 0 radical (unpaired) electrons. The Labute approximate surface area is 122 Å². The van der Waals surface area contributed by atoms with Gasteiger partial charge in [0.2, 0.25) is 0 Å². The summed E-state index contributed by atoms with van der Waals surface area (Å²) >= 11 is 0. The molecule has 1 aliphatic heterocycles. The molecule has 0 saturated carbocycles. The Balaban J connectivity index is 1.96. The lowest BCUT2D eigenvalue weighted by Gasteiger charge is -2.21. The van der Waals surface area contributed by atoms with E-state index >= 15 is 0 Å². The standard InChI is InChI=1S/C15H17NO5/c1-10(17)11-4-2-5-12(8-11)21-9-14(18)16-7-3-6-13(16)15(19)20/h2,4-5,8,13H,3,6-7,9H2,1H3,(H,19,20). The van der Waals surface area contributed by atoms with Crippen molar-refractivity contribution in [3.63, 3.8) is 0 Å². The second-order valence-electron chi connectivity index (χ2n) is 4.96. The van der Waals surface area contributed by atoms with Crippen LogP contribution in [0.4, 0.5) is 0 Å². The van der Waals surface area contributed by atoms with Crippen molar-refractivity contribution in [1.82, 2.24) is 4.90 Å². The quantitative estimate of drug-likeness (QED) is 0.828. The molecule has 1 unspecified atom stereocenters. The molecule has 1 fully saturated rings. The third-order valence-electron chi connectivity index (χ3n) is 3.46. The molecule has 6 heteroatoms. The van der Waals surface area contributed by atoms with E-state index in [4.69, 9.17) is 9.84 Å². The molecule has 2 rings (SSSR count). The van der Waals surface area contributed by atoms with Crippen LogP contribution in [0.5, 0.6) is 5.75 Å². The SMILES string of the molecule is CC(=O)c1cccc(OCC(=O)N2CCCC2C(=O)O)c1. The normalized spacial score (nSPS) is 17.6. The van der Waals surface area contributed by atoms with E-state index in [0.29, 0.717) is 30.7 Å². The zero-order chi connectivity index (χ0) is 15.4. The van der Waals surface area contributed by atoms with Crippen LogP contribution >= 0.6 is 0 Å². The van der Waals surface area contributed by atoms with Crippen LogP contribution in [-0.4, -0.2) is 46.9 Å². The molecule has 1 aromatic rings. The van der Waals surface area contributed by atoms with Crippen LogP contribution < -0.4 is 4.74 Å². The van der Waals surface area contributed by atoms with Gasteiger partial charge >= 0.3 is 5.97 Å². The van der Waals surface area contributed by atoms with Crippen LogP contribution in [0.25, 0.3) is 0 Å². The van der Waals surface area contributed by atoms with Crippen molar-refractivity contribution < 1.29 is 24.2 Å². The number of Topliss-reactive ketones (excluding diaryl/α,β-unsaturated/α-hetero) is 1. The van der Waals surface area contributed by atoms with Crippen molar-refractivity contribution in [2.24, 2.45) is 0 Å². The minimum absolute atomic E-state index is 0.0859. The van der Waals surface area contributed by atoms with E-state index in [1.165, 1.54) is 11.8 Å². The molecule has 112 valence electrons. The molecule has 0 bridgehead atoms. The van der Waals surface area contributed by atoms with Gasteiger partial charge in [-0.3, -0.25) is 9.59 Å². The summed E-state index contributed by atoms with van der Waals surface area (Å²) in [6.45, 7) is 1.66. The fourth-order valence-corrected chi connectivity index (χ4v) is 2.35. The maximum atomic E-state index is 12.0. The summed E-state index contributed by atoms with van der Waals surface area (Å²) in [6, 6.07) is 5.79. The van der Waals surface area contributed by atoms with Gasteiger partial charge in [0.1, 0.15) is 11.8 Å². The van der Waals surface area contributed by atoms with Crippen molar-refractivity contribution in [2.75, 3.05) is 13.2 Å². The van der Waals surface area contributed by atoms with E-state index in [0.717, 1.165) is 0 Å². The number of ether oxygens (including phenoxy) is 1. The summed E-state index contributed by atoms with van der Waals surface area (Å²) in [5, 5.41) is 9.04. The molecule has 1 N–H and O–H groups in total. The number of likely N-dealkylation sites (tertiary alicyclic amines) is 1. The number of aliphatic carboxylic acids is 1. The largest absolute Gasteiger partial charge is 0.484 e. The third kappa shape index (κ3) is 3.59. The molecule has 0 aliphatic carbocycles. The molecule has 1 atom stereocenters. The Morgan fingerprint density at radius 3 is 2.81 bits per heavy atom. The van der Waals surface area contributed by atoms with Crippen LogP contribution in [0.15, 0.2) is 24.3 Å². The molecule has 1 heterocycles. The average Bonchev–Trinajstić information content (AvgIpc) is 2.94. The fourth-order valence-electron chi connectivity index (χ4n) is 2.35. The third-order valence-corrected chi connectivity index (χ3v) is 3.46. The number of amides is 1. The number of hydrogen-bond donors (Lipinski definition) is 1. The number of carbonyl (C=O) groups excluding carboxylic acids is 2. The summed E-state index contributed by atoms with van der Waals surface area (Å²) < 4.78 is 5.36. The highest BCUT2D eigenvalue weighted by molar-refractivity contribution is 5.94. The number of ketones is 1. The molecule has 1 aliphatic rings. The first-order valence-electron chi connectivity index (χ1n) is 6.75. The minimum atomic E-state index is -0.987. The minimum Gasteiger partial charge on any atom is -0.484 e. The second-order valence-corrected chi connectivity index (χ2v) is 4.96. The van der Waals surface area contributed by atoms with Gasteiger partial charge in [0, 0.05) is 12.1 Å². The van der Waals surface area contributed by atoms with Crippen LogP contribution in [-0.2, 0) is 9.59 Å². The van der Waals surface area contributed by atoms with Gasteiger partial charge in [0.25, 0.3) is 5.91 Å². The van der Waals surface area contributed by atoms with Gasteiger partial charge < -0.3 is 14.7 Å². The summed E-state index contributed by atoms with van der Waals surface area (Å²) in [5.41, 5.74) is 0.504. The number of carbonyl (C=O) groups is 3. The van der Waals surface area contributed by atoms with Gasteiger partial charge in [0.15, 0.2) is 12.4 Å². The number of benzene rings is 1. The number of carboxylic acids is 1. The van der Waals surface area contributed by atoms with Crippen molar-refractivity contribution in [2.45, 2.75) is 25.8 Å². The van der Waals surface area contributed by atoms with E-state index in [2.05, 4.69) is 0 Å². The van der Waals surface area contributed by atoms with Gasteiger partial charge in [0.05, 0.1) is 0 Å². The second kappa shape index (κ2) is 6.39. The fraction of sp³-hybridized carbons (Fsp3) is 0.400. The van der Waals surface area contributed by atoms with Crippen LogP contribution in [0, 0.1) is 0 Å². The van der Waals surface area contributed by atoms with E-state index in [-0.39, 0.29) is 18.3 Å². The lowest BCUT2D eigenvalue weighted by Crippen LogP contribution is -2.42. The molecule has 1 amide bonds. The summed E-state index contributed by atoms with van der Waals surface area (Å²) in [7, 11) is 0. The Morgan fingerprint density at radius 1 is 1.38 bits per heavy atom. The lowest BCUT2D eigenvalue weighted by molar-refractivity contribution is -0.148. The first kappa shape index (κ1) is 15.0. The zero-order valence-corrected chi connectivity index (χ0v) is 11.7. The highest BCUT2D eigenvalue weighted by Crippen LogP contribution is 2.18. The van der Waals surface area contributed by atoms with Crippen LogP contribution in [0.1, 0.15) is 30.1 Å². The molecule has 0 spiro atoms. The molecular formula is C15H17NO5. The Bertz CT molecular complexity index is 569. The van der Waals surface area contributed by atoms with Crippen LogP contribution in [0.3, 0.4) is 0 Å². The van der Waals surface area contributed by atoms with E-state index in [1.807, 2.05) is 0 Å². The van der Waals surface area contributed by atoms with Gasteiger partial charge in [-0.2, -0.15) is 0 Å². The molecule has 0 aromatic heterocycles. The van der Waals surface area contributed by atoms with Gasteiger partial charge in [-0.25, -0.2) is 4.79 Å². The summed E-state index contributed by atoms with van der Waals surface area (Å²) in [6.07, 6.45) is 1.16. The first-order chi connectivity index (χ1) is 9.99. The predicted octanol–water partition coefficient (Wildman–Crippen LogP) is 1.34. The molecular weight excluding hydrogens is 274 g/mol. The molecule has 21 heavy (non-hydrogen) atoms.